The van der Waals surface area contributed by atoms with Crippen LogP contribution < -0.4 is 16.6 Å². The quantitative estimate of drug-likeness (QED) is 0.772. The van der Waals surface area contributed by atoms with E-state index in [2.05, 4.69) is 5.32 Å². The summed E-state index contributed by atoms with van der Waals surface area (Å²) in [6, 6.07) is 3.71. The average molecular weight is 221 g/mol. The number of aromatic nitrogens is 1. The van der Waals surface area contributed by atoms with E-state index in [1.165, 1.54) is 0 Å². The molecule has 0 aliphatic carbocycles. The van der Waals surface area contributed by atoms with Crippen molar-refractivity contribution in [2.45, 2.75) is 25.9 Å². The maximum absolute atomic E-state index is 11.9. The van der Waals surface area contributed by atoms with Crippen molar-refractivity contribution in [1.29, 1.82) is 0 Å². The van der Waals surface area contributed by atoms with E-state index in [0.29, 0.717) is 18.0 Å². The van der Waals surface area contributed by atoms with Gasteiger partial charge in [0.1, 0.15) is 0 Å². The summed E-state index contributed by atoms with van der Waals surface area (Å²) in [5, 5.41) is 3.33. The van der Waals surface area contributed by atoms with Gasteiger partial charge in [-0.25, -0.2) is 0 Å². The van der Waals surface area contributed by atoms with Crippen LogP contribution in [0.4, 0.5) is 0 Å². The second-order valence-corrected chi connectivity index (χ2v) is 4.39. The van der Waals surface area contributed by atoms with E-state index in [4.69, 9.17) is 5.73 Å². The molecule has 0 unspecified atom stereocenters. The van der Waals surface area contributed by atoms with Crippen molar-refractivity contribution in [3.05, 3.63) is 34.2 Å². The summed E-state index contributed by atoms with van der Waals surface area (Å²) >= 11 is 0. The van der Waals surface area contributed by atoms with E-state index < -0.39 is 0 Å². The van der Waals surface area contributed by atoms with E-state index in [0.717, 1.165) is 32.5 Å². The molecule has 1 fully saturated rings. The van der Waals surface area contributed by atoms with Gasteiger partial charge >= 0.3 is 0 Å². The summed E-state index contributed by atoms with van der Waals surface area (Å²) in [4.78, 5) is 11.9. The average Bonchev–Trinajstić information content (AvgIpc) is 2.33. The lowest BCUT2D eigenvalue weighted by Gasteiger charge is -2.23. The topological polar surface area (TPSA) is 60.0 Å². The van der Waals surface area contributed by atoms with E-state index in [9.17, 15) is 4.79 Å². The Hall–Kier alpha value is -1.13. The Morgan fingerprint density at radius 1 is 1.44 bits per heavy atom. The number of rotatable bonds is 3. The van der Waals surface area contributed by atoms with Gasteiger partial charge in [-0.2, -0.15) is 0 Å². The van der Waals surface area contributed by atoms with Crippen LogP contribution in [0.25, 0.3) is 0 Å². The molecule has 0 spiro atoms. The van der Waals surface area contributed by atoms with E-state index in [1.54, 1.807) is 10.6 Å². The van der Waals surface area contributed by atoms with Crippen LogP contribution in [-0.4, -0.2) is 17.7 Å². The normalized spacial score (nSPS) is 17.6. The van der Waals surface area contributed by atoms with Crippen molar-refractivity contribution >= 4 is 0 Å². The lowest BCUT2D eigenvalue weighted by Crippen LogP contribution is -2.33. The van der Waals surface area contributed by atoms with Gasteiger partial charge < -0.3 is 15.6 Å². The highest BCUT2D eigenvalue weighted by Gasteiger charge is 2.14. The van der Waals surface area contributed by atoms with Crippen LogP contribution in [0.1, 0.15) is 18.4 Å². The molecule has 1 aliphatic heterocycles. The molecule has 1 aromatic rings. The molecule has 4 nitrogen and oxygen atoms in total. The molecular formula is C12H19N3O. The molecule has 0 amide bonds. The van der Waals surface area contributed by atoms with Crippen LogP contribution in [-0.2, 0) is 13.1 Å². The molecule has 3 N–H and O–H groups in total. The Morgan fingerprint density at radius 3 is 2.88 bits per heavy atom. The fraction of sp³-hybridized carbons (Fsp3) is 0.583. The highest BCUT2D eigenvalue weighted by molar-refractivity contribution is 5.09. The van der Waals surface area contributed by atoms with Gasteiger partial charge in [0, 0.05) is 24.8 Å². The molecule has 0 aromatic carbocycles. The second kappa shape index (κ2) is 5.27. The third-order valence-electron chi connectivity index (χ3n) is 3.23. The van der Waals surface area contributed by atoms with E-state index >= 15 is 0 Å². The number of pyridine rings is 1. The molecule has 0 radical (unpaired) electrons. The number of hydrogen-bond acceptors (Lipinski definition) is 3. The molecule has 0 saturated carbocycles. The Kier molecular flexibility index (Phi) is 3.74. The maximum Gasteiger partial charge on any atom is 0.255 e. The van der Waals surface area contributed by atoms with Gasteiger partial charge in [0.15, 0.2) is 0 Å². The third kappa shape index (κ3) is 2.51. The Bertz CT molecular complexity index is 393. The number of piperidine rings is 1. The summed E-state index contributed by atoms with van der Waals surface area (Å²) in [5.41, 5.74) is 6.31. The maximum atomic E-state index is 11.9. The molecule has 1 saturated heterocycles. The minimum Gasteiger partial charge on any atom is -0.326 e. The largest absolute Gasteiger partial charge is 0.326 e. The van der Waals surface area contributed by atoms with Gasteiger partial charge in [0.05, 0.1) is 0 Å². The molecule has 2 heterocycles. The standard InChI is InChI=1S/C12H19N3O/c13-8-11-2-1-7-15(12(11)16)9-10-3-5-14-6-4-10/h1-2,7,10,14H,3-6,8-9,13H2. The number of nitrogens with zero attached hydrogens (tertiary/aromatic N) is 1. The van der Waals surface area contributed by atoms with Crippen molar-refractivity contribution < 1.29 is 0 Å². The van der Waals surface area contributed by atoms with Crippen molar-refractivity contribution in [1.82, 2.24) is 9.88 Å². The zero-order valence-electron chi connectivity index (χ0n) is 9.48. The smallest absolute Gasteiger partial charge is 0.255 e. The molecule has 0 bridgehead atoms. The molecule has 2 rings (SSSR count). The molecule has 4 heteroatoms. The molecule has 88 valence electrons. The second-order valence-electron chi connectivity index (χ2n) is 4.39. The van der Waals surface area contributed by atoms with Crippen LogP contribution in [0.5, 0.6) is 0 Å². The lowest BCUT2D eigenvalue weighted by molar-refractivity contribution is 0.329. The van der Waals surface area contributed by atoms with Gasteiger partial charge in [-0.1, -0.05) is 6.07 Å². The first-order valence-corrected chi connectivity index (χ1v) is 5.90. The summed E-state index contributed by atoms with van der Waals surface area (Å²) in [6.45, 7) is 3.28. The van der Waals surface area contributed by atoms with Crippen LogP contribution in [0, 0.1) is 5.92 Å². The van der Waals surface area contributed by atoms with Crippen LogP contribution in [0.2, 0.25) is 0 Å². The van der Waals surface area contributed by atoms with Crippen molar-refractivity contribution in [3.8, 4) is 0 Å². The SMILES string of the molecule is NCc1cccn(CC2CCNCC2)c1=O. The van der Waals surface area contributed by atoms with Gasteiger partial charge in [-0.15, -0.1) is 0 Å². The van der Waals surface area contributed by atoms with Crippen molar-refractivity contribution in [2.75, 3.05) is 13.1 Å². The highest BCUT2D eigenvalue weighted by Crippen LogP contribution is 2.13. The molecule has 0 atom stereocenters. The third-order valence-corrected chi connectivity index (χ3v) is 3.23. The predicted molar refractivity (Wildman–Crippen MR) is 64.2 cm³/mol. The molecule has 1 aromatic heterocycles. The monoisotopic (exact) mass is 221 g/mol. The summed E-state index contributed by atoms with van der Waals surface area (Å²) < 4.78 is 1.80. The van der Waals surface area contributed by atoms with E-state index in [1.807, 2.05) is 12.3 Å². The molecule has 1 aliphatic rings. The first-order valence-electron chi connectivity index (χ1n) is 5.90. The zero-order chi connectivity index (χ0) is 11.4. The predicted octanol–water partition coefficient (Wildman–Crippen LogP) is 0.307. The first-order chi connectivity index (χ1) is 7.81. The van der Waals surface area contributed by atoms with E-state index in [-0.39, 0.29) is 5.56 Å². The van der Waals surface area contributed by atoms with Crippen molar-refractivity contribution in [2.24, 2.45) is 11.7 Å². The summed E-state index contributed by atoms with van der Waals surface area (Å²) in [7, 11) is 0. The van der Waals surface area contributed by atoms with Crippen LogP contribution >= 0.6 is 0 Å². The first kappa shape index (κ1) is 11.4. The number of nitrogens with two attached hydrogens (primary N) is 1. The Morgan fingerprint density at radius 2 is 2.19 bits per heavy atom. The van der Waals surface area contributed by atoms with Gasteiger partial charge in [0.25, 0.3) is 5.56 Å². The number of nitrogens with one attached hydrogen (secondary N) is 1. The highest BCUT2D eigenvalue weighted by atomic mass is 16.1. The molecule has 16 heavy (non-hydrogen) atoms. The Labute approximate surface area is 95.5 Å². The Balaban J connectivity index is 2.11. The zero-order valence-corrected chi connectivity index (χ0v) is 9.48. The summed E-state index contributed by atoms with van der Waals surface area (Å²) in [6.07, 6.45) is 4.17. The van der Waals surface area contributed by atoms with Gasteiger partial charge in [-0.3, -0.25) is 4.79 Å². The minimum atomic E-state index is 0.0727. The minimum absolute atomic E-state index is 0.0727. The van der Waals surface area contributed by atoms with Crippen molar-refractivity contribution in [3.63, 3.8) is 0 Å². The van der Waals surface area contributed by atoms with Gasteiger partial charge in [0.2, 0.25) is 0 Å². The fourth-order valence-corrected chi connectivity index (χ4v) is 2.23. The van der Waals surface area contributed by atoms with Crippen LogP contribution in [0.3, 0.4) is 0 Å². The molecular weight excluding hydrogens is 202 g/mol. The lowest BCUT2D eigenvalue weighted by atomic mass is 9.98. The summed E-state index contributed by atoms with van der Waals surface area (Å²) in [5.74, 6) is 0.618. The van der Waals surface area contributed by atoms with Crippen LogP contribution in [0.15, 0.2) is 23.1 Å². The fourth-order valence-electron chi connectivity index (χ4n) is 2.23. The van der Waals surface area contributed by atoms with Gasteiger partial charge in [-0.05, 0) is 37.9 Å². The number of hydrogen-bond donors (Lipinski definition) is 2.